The van der Waals surface area contributed by atoms with E-state index in [0.29, 0.717) is 6.04 Å². The standard InChI is InChI=1S/C14H27N3/c15-10-14(12-4-1-2-5-12)17-9-8-16-7-3-6-13(16)11-17/h12-14H,1-11,15H2. The van der Waals surface area contributed by atoms with Crippen LogP contribution in [0.2, 0.25) is 0 Å². The molecule has 3 aliphatic rings. The Bertz CT molecular complexity index is 250. The molecule has 0 aromatic rings. The third kappa shape index (κ3) is 2.38. The van der Waals surface area contributed by atoms with Crippen molar-refractivity contribution in [2.45, 2.75) is 50.6 Å². The Morgan fingerprint density at radius 3 is 2.59 bits per heavy atom. The number of nitrogens with zero attached hydrogens (tertiary/aromatic N) is 2. The molecule has 2 aliphatic heterocycles. The Morgan fingerprint density at radius 1 is 1.00 bits per heavy atom. The van der Waals surface area contributed by atoms with Crippen molar-refractivity contribution in [2.75, 3.05) is 32.7 Å². The zero-order valence-corrected chi connectivity index (χ0v) is 11.0. The highest BCUT2D eigenvalue weighted by Crippen LogP contribution is 2.32. The second-order valence-electron chi connectivity index (χ2n) is 6.17. The molecule has 2 N–H and O–H groups in total. The van der Waals surface area contributed by atoms with Crippen LogP contribution in [0, 0.1) is 5.92 Å². The first-order chi connectivity index (χ1) is 8.38. The van der Waals surface area contributed by atoms with Gasteiger partial charge in [-0.3, -0.25) is 9.80 Å². The van der Waals surface area contributed by atoms with E-state index in [1.807, 2.05) is 0 Å². The molecule has 0 amide bonds. The Hall–Kier alpha value is -0.120. The first-order valence-electron chi connectivity index (χ1n) is 7.56. The maximum absolute atomic E-state index is 6.07. The van der Waals surface area contributed by atoms with Crippen LogP contribution in [0.3, 0.4) is 0 Å². The van der Waals surface area contributed by atoms with Crippen LogP contribution in [-0.2, 0) is 0 Å². The first-order valence-corrected chi connectivity index (χ1v) is 7.56. The molecule has 3 heteroatoms. The van der Waals surface area contributed by atoms with E-state index in [9.17, 15) is 0 Å². The maximum Gasteiger partial charge on any atom is 0.0247 e. The monoisotopic (exact) mass is 237 g/mol. The number of rotatable bonds is 3. The van der Waals surface area contributed by atoms with Gasteiger partial charge in [-0.2, -0.15) is 0 Å². The number of nitrogens with two attached hydrogens (primary N) is 1. The molecule has 17 heavy (non-hydrogen) atoms. The third-order valence-corrected chi connectivity index (χ3v) is 5.27. The van der Waals surface area contributed by atoms with E-state index in [4.69, 9.17) is 5.73 Å². The highest BCUT2D eigenvalue weighted by atomic mass is 15.3. The molecule has 0 bridgehead atoms. The Labute approximate surface area is 105 Å². The molecule has 3 rings (SSSR count). The average Bonchev–Trinajstić information content (AvgIpc) is 2.99. The van der Waals surface area contributed by atoms with E-state index < -0.39 is 0 Å². The van der Waals surface area contributed by atoms with Crippen molar-refractivity contribution in [1.82, 2.24) is 9.80 Å². The van der Waals surface area contributed by atoms with Crippen molar-refractivity contribution in [2.24, 2.45) is 11.7 Å². The summed E-state index contributed by atoms with van der Waals surface area (Å²) < 4.78 is 0. The molecular formula is C14H27N3. The van der Waals surface area contributed by atoms with E-state index in [0.717, 1.165) is 18.5 Å². The minimum Gasteiger partial charge on any atom is -0.329 e. The van der Waals surface area contributed by atoms with Crippen LogP contribution >= 0.6 is 0 Å². The topological polar surface area (TPSA) is 32.5 Å². The normalized spacial score (nSPS) is 34.1. The summed E-state index contributed by atoms with van der Waals surface area (Å²) in [6, 6.07) is 1.53. The van der Waals surface area contributed by atoms with Gasteiger partial charge in [-0.05, 0) is 38.1 Å². The fourth-order valence-electron chi connectivity index (χ4n) is 4.30. The highest BCUT2D eigenvalue weighted by Gasteiger charge is 2.36. The number of fused-ring (bicyclic) bond motifs is 1. The molecule has 98 valence electrons. The van der Waals surface area contributed by atoms with Crippen molar-refractivity contribution in [3.05, 3.63) is 0 Å². The van der Waals surface area contributed by atoms with E-state index in [2.05, 4.69) is 9.80 Å². The van der Waals surface area contributed by atoms with Gasteiger partial charge in [-0.1, -0.05) is 12.8 Å². The second kappa shape index (κ2) is 5.25. The van der Waals surface area contributed by atoms with Crippen molar-refractivity contribution in [3.63, 3.8) is 0 Å². The summed E-state index contributed by atoms with van der Waals surface area (Å²) in [5.41, 5.74) is 6.07. The lowest BCUT2D eigenvalue weighted by atomic mass is 9.95. The molecule has 0 spiro atoms. The maximum atomic E-state index is 6.07. The third-order valence-electron chi connectivity index (χ3n) is 5.27. The second-order valence-corrected chi connectivity index (χ2v) is 6.17. The van der Waals surface area contributed by atoms with Crippen molar-refractivity contribution in [1.29, 1.82) is 0 Å². The van der Waals surface area contributed by atoms with Crippen molar-refractivity contribution >= 4 is 0 Å². The van der Waals surface area contributed by atoms with Gasteiger partial charge in [0.2, 0.25) is 0 Å². The molecule has 2 atom stereocenters. The van der Waals surface area contributed by atoms with E-state index in [1.165, 1.54) is 64.7 Å². The molecule has 2 unspecified atom stereocenters. The lowest BCUT2D eigenvalue weighted by molar-refractivity contribution is 0.0526. The van der Waals surface area contributed by atoms with Gasteiger partial charge in [0, 0.05) is 38.3 Å². The molecule has 1 aliphatic carbocycles. The molecule has 2 saturated heterocycles. The fourth-order valence-corrected chi connectivity index (χ4v) is 4.30. The summed E-state index contributed by atoms with van der Waals surface area (Å²) in [6.07, 6.45) is 8.54. The lowest BCUT2D eigenvalue weighted by Crippen LogP contribution is -2.56. The van der Waals surface area contributed by atoms with Crippen molar-refractivity contribution < 1.29 is 0 Å². The highest BCUT2D eigenvalue weighted by molar-refractivity contribution is 4.92. The van der Waals surface area contributed by atoms with Gasteiger partial charge >= 0.3 is 0 Å². The average molecular weight is 237 g/mol. The predicted octanol–water partition coefficient (Wildman–Crippen LogP) is 1.28. The minimum absolute atomic E-state index is 0.681. The van der Waals surface area contributed by atoms with Crippen LogP contribution in [0.5, 0.6) is 0 Å². The van der Waals surface area contributed by atoms with Gasteiger partial charge in [-0.25, -0.2) is 0 Å². The van der Waals surface area contributed by atoms with Gasteiger partial charge in [0.1, 0.15) is 0 Å². The van der Waals surface area contributed by atoms with Crippen LogP contribution in [0.1, 0.15) is 38.5 Å². The summed E-state index contributed by atoms with van der Waals surface area (Å²) in [4.78, 5) is 5.42. The molecule has 0 aromatic heterocycles. The molecular weight excluding hydrogens is 210 g/mol. The SMILES string of the molecule is NCC(C1CCCC1)N1CCN2CCCC2C1. The van der Waals surface area contributed by atoms with Gasteiger partial charge in [0.05, 0.1) is 0 Å². The summed E-state index contributed by atoms with van der Waals surface area (Å²) in [7, 11) is 0. The molecule has 1 saturated carbocycles. The molecule has 3 nitrogen and oxygen atoms in total. The number of piperazine rings is 1. The van der Waals surface area contributed by atoms with Gasteiger partial charge in [-0.15, -0.1) is 0 Å². The molecule has 0 radical (unpaired) electrons. The van der Waals surface area contributed by atoms with Gasteiger partial charge in [0.15, 0.2) is 0 Å². The first kappa shape index (κ1) is 11.9. The van der Waals surface area contributed by atoms with Crippen LogP contribution in [0.4, 0.5) is 0 Å². The summed E-state index contributed by atoms with van der Waals surface area (Å²) in [6.45, 7) is 6.05. The van der Waals surface area contributed by atoms with Crippen molar-refractivity contribution in [3.8, 4) is 0 Å². The zero-order chi connectivity index (χ0) is 11.7. The van der Waals surface area contributed by atoms with Crippen LogP contribution < -0.4 is 5.73 Å². The summed E-state index contributed by atoms with van der Waals surface area (Å²) in [5, 5.41) is 0. The number of hydrogen-bond acceptors (Lipinski definition) is 3. The van der Waals surface area contributed by atoms with E-state index >= 15 is 0 Å². The summed E-state index contributed by atoms with van der Waals surface area (Å²) >= 11 is 0. The molecule has 2 heterocycles. The predicted molar refractivity (Wildman–Crippen MR) is 71.0 cm³/mol. The zero-order valence-electron chi connectivity index (χ0n) is 11.0. The Balaban J connectivity index is 1.62. The van der Waals surface area contributed by atoms with Gasteiger partial charge in [0.25, 0.3) is 0 Å². The van der Waals surface area contributed by atoms with Gasteiger partial charge < -0.3 is 5.73 Å². The van der Waals surface area contributed by atoms with E-state index in [1.54, 1.807) is 0 Å². The van der Waals surface area contributed by atoms with E-state index in [-0.39, 0.29) is 0 Å². The van der Waals surface area contributed by atoms with Crippen LogP contribution in [0.25, 0.3) is 0 Å². The number of hydrogen-bond donors (Lipinski definition) is 1. The molecule has 0 aromatic carbocycles. The Morgan fingerprint density at radius 2 is 1.82 bits per heavy atom. The fraction of sp³-hybridized carbons (Fsp3) is 1.00. The largest absolute Gasteiger partial charge is 0.329 e. The molecule has 3 fully saturated rings. The quantitative estimate of drug-likeness (QED) is 0.803. The summed E-state index contributed by atoms with van der Waals surface area (Å²) in [5.74, 6) is 0.896. The smallest absolute Gasteiger partial charge is 0.0247 e. The van der Waals surface area contributed by atoms with Crippen LogP contribution in [0.15, 0.2) is 0 Å². The lowest BCUT2D eigenvalue weighted by Gasteiger charge is -2.43. The minimum atomic E-state index is 0.681. The Kier molecular flexibility index (Phi) is 3.69. The van der Waals surface area contributed by atoms with Crippen LogP contribution in [-0.4, -0.2) is 54.6 Å².